The van der Waals surface area contributed by atoms with Gasteiger partial charge in [-0.05, 0) is 56.6 Å². The molecule has 1 saturated carbocycles. The third kappa shape index (κ3) is 3.85. The van der Waals surface area contributed by atoms with Crippen molar-refractivity contribution in [3.8, 4) is 0 Å². The zero-order valence-corrected chi connectivity index (χ0v) is 13.6. The van der Waals surface area contributed by atoms with E-state index < -0.39 is 0 Å². The van der Waals surface area contributed by atoms with Gasteiger partial charge in [0.2, 0.25) is 0 Å². The summed E-state index contributed by atoms with van der Waals surface area (Å²) in [4.78, 5) is 0. The minimum atomic E-state index is 0.573. The third-order valence-electron chi connectivity index (χ3n) is 4.81. The number of nitrogens with one attached hydrogen (secondary N) is 1. The minimum absolute atomic E-state index is 0.573. The van der Waals surface area contributed by atoms with E-state index in [0.717, 1.165) is 18.3 Å². The largest absolute Gasteiger partial charge is 0.314 e. The zero-order chi connectivity index (χ0) is 14.5. The summed E-state index contributed by atoms with van der Waals surface area (Å²) in [5, 5.41) is 8.38. The predicted molar refractivity (Wildman–Crippen MR) is 84.9 cm³/mol. The van der Waals surface area contributed by atoms with Crippen LogP contribution in [-0.4, -0.2) is 22.4 Å². The van der Waals surface area contributed by atoms with Crippen LogP contribution in [-0.2, 0) is 6.42 Å². The Labute approximate surface area is 124 Å². The van der Waals surface area contributed by atoms with E-state index in [1.807, 2.05) is 0 Å². The van der Waals surface area contributed by atoms with E-state index in [-0.39, 0.29) is 0 Å². The molecule has 0 spiro atoms. The van der Waals surface area contributed by atoms with Gasteiger partial charge in [-0.3, -0.25) is 4.68 Å². The Kier molecular flexibility index (Phi) is 5.64. The lowest BCUT2D eigenvalue weighted by Crippen LogP contribution is -2.38. The van der Waals surface area contributed by atoms with Crippen LogP contribution in [0, 0.1) is 11.8 Å². The van der Waals surface area contributed by atoms with E-state index in [4.69, 9.17) is 5.10 Å². The Morgan fingerprint density at radius 3 is 2.50 bits per heavy atom. The molecule has 1 aliphatic carbocycles. The van der Waals surface area contributed by atoms with E-state index in [1.165, 1.54) is 37.9 Å². The molecule has 114 valence electrons. The smallest absolute Gasteiger partial charge is 0.0627 e. The Morgan fingerprint density at radius 1 is 1.25 bits per heavy atom. The van der Waals surface area contributed by atoms with Gasteiger partial charge in [-0.1, -0.05) is 27.7 Å². The molecule has 2 unspecified atom stereocenters. The van der Waals surface area contributed by atoms with Gasteiger partial charge < -0.3 is 5.32 Å². The van der Waals surface area contributed by atoms with E-state index in [0.29, 0.717) is 12.1 Å². The fourth-order valence-electron chi connectivity index (χ4n) is 3.18. The van der Waals surface area contributed by atoms with Gasteiger partial charge in [0, 0.05) is 12.2 Å². The van der Waals surface area contributed by atoms with Crippen molar-refractivity contribution < 1.29 is 0 Å². The summed E-state index contributed by atoms with van der Waals surface area (Å²) < 4.78 is 2.18. The Bertz CT molecular complexity index is 393. The van der Waals surface area contributed by atoms with Crippen LogP contribution in [0.1, 0.15) is 65.1 Å². The average Bonchev–Trinajstić information content (AvgIpc) is 2.85. The highest BCUT2D eigenvalue weighted by Crippen LogP contribution is 2.36. The summed E-state index contributed by atoms with van der Waals surface area (Å²) >= 11 is 0. The molecule has 1 fully saturated rings. The van der Waals surface area contributed by atoms with Crippen LogP contribution >= 0.6 is 0 Å². The molecule has 2 atom stereocenters. The van der Waals surface area contributed by atoms with Gasteiger partial charge in [-0.2, -0.15) is 5.10 Å². The monoisotopic (exact) mass is 277 g/mol. The molecule has 3 heteroatoms. The Balaban J connectivity index is 1.84. The van der Waals surface area contributed by atoms with Crippen molar-refractivity contribution in [3.63, 3.8) is 0 Å². The van der Waals surface area contributed by atoms with Crippen LogP contribution < -0.4 is 5.32 Å². The average molecular weight is 277 g/mol. The Morgan fingerprint density at radius 2 is 1.95 bits per heavy atom. The van der Waals surface area contributed by atoms with Crippen molar-refractivity contribution in [2.24, 2.45) is 11.8 Å². The molecule has 2 rings (SSSR count). The molecule has 0 amide bonds. The molecular formula is C17H31N3. The molecule has 0 radical (unpaired) electrons. The summed E-state index contributed by atoms with van der Waals surface area (Å²) in [6.07, 6.45) is 8.44. The first kappa shape index (κ1) is 15.6. The maximum Gasteiger partial charge on any atom is 0.0627 e. The van der Waals surface area contributed by atoms with Crippen LogP contribution in [0.2, 0.25) is 0 Å². The highest BCUT2D eigenvalue weighted by molar-refractivity contribution is 5.03. The second-order valence-corrected chi connectivity index (χ2v) is 6.62. The number of hydrogen-bond donors (Lipinski definition) is 1. The summed E-state index contributed by atoms with van der Waals surface area (Å²) in [5.41, 5.74) is 1.29. The normalized spacial score (nSPS) is 22.5. The van der Waals surface area contributed by atoms with E-state index in [1.54, 1.807) is 0 Å². The quantitative estimate of drug-likeness (QED) is 0.783. The van der Waals surface area contributed by atoms with Crippen molar-refractivity contribution in [3.05, 3.63) is 18.0 Å². The topological polar surface area (TPSA) is 29.9 Å². The summed E-state index contributed by atoms with van der Waals surface area (Å²) in [5.74, 6) is 1.70. The molecule has 1 aliphatic rings. The maximum atomic E-state index is 4.80. The van der Waals surface area contributed by atoms with Crippen LogP contribution in [0.25, 0.3) is 0 Å². The molecule has 3 nitrogen and oxygen atoms in total. The number of aromatic nitrogens is 2. The SMILES string of the molecule is CCC(CC)n1ccc(CC2CCC2CNC(C)C)n1. The highest BCUT2D eigenvalue weighted by Gasteiger charge is 2.31. The van der Waals surface area contributed by atoms with Gasteiger partial charge in [0.15, 0.2) is 0 Å². The molecule has 1 N–H and O–H groups in total. The first-order chi connectivity index (χ1) is 9.63. The van der Waals surface area contributed by atoms with Crippen LogP contribution in [0.3, 0.4) is 0 Å². The molecule has 1 heterocycles. The molecule has 1 aromatic heterocycles. The van der Waals surface area contributed by atoms with Gasteiger partial charge in [0.25, 0.3) is 0 Å². The standard InChI is InChI=1S/C17H31N3/c1-5-17(6-2)20-10-9-16(19-20)11-14-7-8-15(14)12-18-13(3)4/h9-10,13-15,17-18H,5-8,11-12H2,1-4H3. The predicted octanol–water partition coefficient (Wildman–Crippen LogP) is 3.81. The van der Waals surface area contributed by atoms with Crippen molar-refractivity contribution >= 4 is 0 Å². The van der Waals surface area contributed by atoms with Crippen LogP contribution in [0.4, 0.5) is 0 Å². The van der Waals surface area contributed by atoms with Crippen molar-refractivity contribution in [2.45, 2.75) is 71.9 Å². The number of rotatable bonds is 8. The second-order valence-electron chi connectivity index (χ2n) is 6.62. The first-order valence-electron chi connectivity index (χ1n) is 8.41. The lowest BCUT2D eigenvalue weighted by molar-refractivity contribution is 0.166. The van der Waals surface area contributed by atoms with Crippen LogP contribution in [0.15, 0.2) is 12.3 Å². The highest BCUT2D eigenvalue weighted by atomic mass is 15.3. The Hall–Kier alpha value is -0.830. The van der Waals surface area contributed by atoms with E-state index in [2.05, 4.69) is 50.0 Å². The summed E-state index contributed by atoms with van der Waals surface area (Å²) in [6, 6.07) is 3.40. The fraction of sp³-hybridized carbons (Fsp3) is 0.824. The van der Waals surface area contributed by atoms with Crippen molar-refractivity contribution in [2.75, 3.05) is 6.54 Å². The molecule has 1 aromatic rings. The molecular weight excluding hydrogens is 246 g/mol. The van der Waals surface area contributed by atoms with Gasteiger partial charge in [-0.15, -0.1) is 0 Å². The van der Waals surface area contributed by atoms with Crippen LogP contribution in [0.5, 0.6) is 0 Å². The minimum Gasteiger partial charge on any atom is -0.314 e. The summed E-state index contributed by atoms with van der Waals surface area (Å²) in [6.45, 7) is 10.1. The fourth-order valence-corrected chi connectivity index (χ4v) is 3.18. The first-order valence-corrected chi connectivity index (χ1v) is 8.41. The molecule has 0 aromatic carbocycles. The molecule has 0 saturated heterocycles. The van der Waals surface area contributed by atoms with Crippen molar-refractivity contribution in [1.82, 2.24) is 15.1 Å². The number of nitrogens with zero attached hydrogens (tertiary/aromatic N) is 2. The number of hydrogen-bond acceptors (Lipinski definition) is 2. The van der Waals surface area contributed by atoms with E-state index in [9.17, 15) is 0 Å². The van der Waals surface area contributed by atoms with Gasteiger partial charge in [0.05, 0.1) is 11.7 Å². The molecule has 0 aliphatic heterocycles. The summed E-state index contributed by atoms with van der Waals surface area (Å²) in [7, 11) is 0. The van der Waals surface area contributed by atoms with Gasteiger partial charge in [0.1, 0.15) is 0 Å². The lowest BCUT2D eigenvalue weighted by Gasteiger charge is -2.37. The van der Waals surface area contributed by atoms with Gasteiger partial charge in [-0.25, -0.2) is 0 Å². The third-order valence-corrected chi connectivity index (χ3v) is 4.81. The van der Waals surface area contributed by atoms with E-state index >= 15 is 0 Å². The maximum absolute atomic E-state index is 4.80. The second kappa shape index (κ2) is 7.26. The zero-order valence-electron chi connectivity index (χ0n) is 13.6. The molecule has 20 heavy (non-hydrogen) atoms. The lowest BCUT2D eigenvalue weighted by atomic mass is 9.71. The van der Waals surface area contributed by atoms with Gasteiger partial charge >= 0.3 is 0 Å². The molecule has 0 bridgehead atoms. The van der Waals surface area contributed by atoms with Crippen molar-refractivity contribution in [1.29, 1.82) is 0 Å².